The molecule has 0 aromatic heterocycles. The second kappa shape index (κ2) is 6.17. The smallest absolute Gasteiger partial charge is 0.152 e. The molecule has 1 aliphatic carbocycles. The van der Waals surface area contributed by atoms with Gasteiger partial charge in [-0.1, -0.05) is 50.1 Å². The SMILES string of the molecule is CCC(/C=C/C(C)=O)=C\C[C@H]1CC=C(C)C1(C)C. The van der Waals surface area contributed by atoms with Crippen LogP contribution in [0.3, 0.4) is 0 Å². The summed E-state index contributed by atoms with van der Waals surface area (Å²) in [4.78, 5) is 10.9. The van der Waals surface area contributed by atoms with Crippen LogP contribution in [0.25, 0.3) is 0 Å². The predicted molar refractivity (Wildman–Crippen MR) is 78.5 cm³/mol. The van der Waals surface area contributed by atoms with E-state index in [1.807, 2.05) is 6.08 Å². The maximum absolute atomic E-state index is 10.9. The Morgan fingerprint density at radius 3 is 2.56 bits per heavy atom. The van der Waals surface area contributed by atoms with Crippen LogP contribution in [0, 0.1) is 11.3 Å². The van der Waals surface area contributed by atoms with Crippen molar-refractivity contribution in [3.8, 4) is 0 Å². The van der Waals surface area contributed by atoms with E-state index < -0.39 is 0 Å². The summed E-state index contributed by atoms with van der Waals surface area (Å²) in [5.74, 6) is 0.817. The lowest BCUT2D eigenvalue weighted by atomic mass is 9.76. The maximum atomic E-state index is 10.9. The van der Waals surface area contributed by atoms with Gasteiger partial charge in [0.05, 0.1) is 0 Å². The Kier molecular flexibility index (Phi) is 5.13. The van der Waals surface area contributed by atoms with Gasteiger partial charge in [0.2, 0.25) is 0 Å². The Bertz CT molecular complexity index is 394. The molecule has 0 amide bonds. The zero-order chi connectivity index (χ0) is 13.8. The largest absolute Gasteiger partial charge is 0.295 e. The van der Waals surface area contributed by atoms with Gasteiger partial charge >= 0.3 is 0 Å². The lowest BCUT2D eigenvalue weighted by molar-refractivity contribution is -0.112. The van der Waals surface area contributed by atoms with Crippen LogP contribution in [-0.2, 0) is 4.79 Å². The molecule has 1 nitrogen and oxygen atoms in total. The molecule has 1 rings (SSSR count). The molecule has 0 aromatic carbocycles. The molecule has 0 heterocycles. The predicted octanol–water partition coefficient (Wildman–Crippen LogP) is 4.85. The van der Waals surface area contributed by atoms with Crippen LogP contribution in [0.5, 0.6) is 0 Å². The Morgan fingerprint density at radius 1 is 1.44 bits per heavy atom. The molecule has 0 unspecified atom stereocenters. The third-order valence-electron chi connectivity index (χ3n) is 4.35. The van der Waals surface area contributed by atoms with Gasteiger partial charge in [0.1, 0.15) is 0 Å². The minimum Gasteiger partial charge on any atom is -0.295 e. The number of rotatable bonds is 5. The fraction of sp³-hybridized carbons (Fsp3) is 0.588. The van der Waals surface area contributed by atoms with E-state index in [1.165, 1.54) is 17.6 Å². The number of allylic oxidation sites excluding steroid dienone is 6. The monoisotopic (exact) mass is 246 g/mol. The highest BCUT2D eigenvalue weighted by molar-refractivity contribution is 5.87. The van der Waals surface area contributed by atoms with E-state index in [0.717, 1.165) is 12.8 Å². The quantitative estimate of drug-likeness (QED) is 0.385. The zero-order valence-corrected chi connectivity index (χ0v) is 12.4. The van der Waals surface area contributed by atoms with E-state index in [9.17, 15) is 4.79 Å². The average Bonchev–Trinajstić information content (AvgIpc) is 2.55. The Hall–Kier alpha value is -1.11. The van der Waals surface area contributed by atoms with Gasteiger partial charge in [-0.15, -0.1) is 0 Å². The van der Waals surface area contributed by atoms with Crippen molar-refractivity contribution < 1.29 is 4.79 Å². The minimum atomic E-state index is 0.119. The number of carbonyl (C=O) groups is 1. The van der Waals surface area contributed by atoms with Gasteiger partial charge in [0.15, 0.2) is 5.78 Å². The maximum Gasteiger partial charge on any atom is 0.152 e. The lowest BCUT2D eigenvalue weighted by Gasteiger charge is -2.29. The van der Waals surface area contributed by atoms with E-state index in [2.05, 4.69) is 39.8 Å². The van der Waals surface area contributed by atoms with Crippen LogP contribution >= 0.6 is 0 Å². The number of hydrogen-bond acceptors (Lipinski definition) is 1. The van der Waals surface area contributed by atoms with Gasteiger partial charge in [0, 0.05) is 0 Å². The van der Waals surface area contributed by atoms with Crippen LogP contribution < -0.4 is 0 Å². The molecule has 0 N–H and O–H groups in total. The van der Waals surface area contributed by atoms with Crippen molar-refractivity contribution >= 4 is 5.78 Å². The van der Waals surface area contributed by atoms with Crippen molar-refractivity contribution in [2.24, 2.45) is 11.3 Å². The summed E-state index contributed by atoms with van der Waals surface area (Å²) < 4.78 is 0. The van der Waals surface area contributed by atoms with E-state index in [1.54, 1.807) is 13.0 Å². The molecule has 0 saturated heterocycles. The van der Waals surface area contributed by atoms with Gasteiger partial charge in [-0.2, -0.15) is 0 Å². The molecule has 1 atom stereocenters. The van der Waals surface area contributed by atoms with Crippen LogP contribution in [0.2, 0.25) is 0 Å². The highest BCUT2D eigenvalue weighted by Crippen LogP contribution is 2.44. The van der Waals surface area contributed by atoms with Crippen LogP contribution in [0.15, 0.2) is 35.5 Å². The number of ketones is 1. The summed E-state index contributed by atoms with van der Waals surface area (Å²) in [7, 11) is 0. The van der Waals surface area contributed by atoms with Crippen molar-refractivity contribution in [3.05, 3.63) is 35.5 Å². The average molecular weight is 246 g/mol. The fourth-order valence-corrected chi connectivity index (χ4v) is 2.44. The summed E-state index contributed by atoms with van der Waals surface area (Å²) in [5, 5.41) is 0. The van der Waals surface area contributed by atoms with Crippen molar-refractivity contribution in [2.75, 3.05) is 0 Å². The summed E-state index contributed by atoms with van der Waals surface area (Å²) in [6.07, 6.45) is 11.6. The molecule has 0 saturated carbocycles. The highest BCUT2D eigenvalue weighted by atomic mass is 16.1. The lowest BCUT2D eigenvalue weighted by Crippen LogP contribution is -2.19. The standard InChI is InChI=1S/C17H26O/c1-6-15(9-8-14(3)18)10-12-16-11-7-13(2)17(16,4)5/h7-10,16H,6,11-12H2,1-5H3/b9-8+,15-10+/t16-/m1/s1. The van der Waals surface area contributed by atoms with Crippen LogP contribution in [0.4, 0.5) is 0 Å². The van der Waals surface area contributed by atoms with Gasteiger partial charge < -0.3 is 0 Å². The topological polar surface area (TPSA) is 17.1 Å². The Balaban J connectivity index is 2.66. The molecule has 0 radical (unpaired) electrons. The molecule has 0 spiro atoms. The minimum absolute atomic E-state index is 0.119. The molecule has 0 bridgehead atoms. The summed E-state index contributed by atoms with van der Waals surface area (Å²) >= 11 is 0. The first kappa shape index (κ1) is 14.9. The molecular formula is C17H26O. The Morgan fingerprint density at radius 2 is 2.11 bits per heavy atom. The van der Waals surface area contributed by atoms with Gasteiger partial charge in [-0.05, 0) is 50.5 Å². The zero-order valence-electron chi connectivity index (χ0n) is 12.4. The van der Waals surface area contributed by atoms with E-state index in [-0.39, 0.29) is 5.78 Å². The van der Waals surface area contributed by atoms with Crippen molar-refractivity contribution in [3.63, 3.8) is 0 Å². The van der Waals surface area contributed by atoms with Crippen molar-refractivity contribution in [1.29, 1.82) is 0 Å². The molecule has 0 aromatic rings. The third-order valence-corrected chi connectivity index (χ3v) is 4.35. The second-order valence-corrected chi connectivity index (χ2v) is 5.85. The number of carbonyl (C=O) groups excluding carboxylic acids is 1. The first-order valence-corrected chi connectivity index (χ1v) is 6.92. The highest BCUT2D eigenvalue weighted by Gasteiger charge is 2.33. The fourth-order valence-electron chi connectivity index (χ4n) is 2.44. The molecular weight excluding hydrogens is 220 g/mol. The summed E-state index contributed by atoms with van der Waals surface area (Å²) in [6, 6.07) is 0. The van der Waals surface area contributed by atoms with Crippen molar-refractivity contribution in [1.82, 2.24) is 0 Å². The summed E-state index contributed by atoms with van der Waals surface area (Å²) in [6.45, 7) is 10.6. The molecule has 1 aliphatic rings. The van der Waals surface area contributed by atoms with E-state index in [4.69, 9.17) is 0 Å². The van der Waals surface area contributed by atoms with Gasteiger partial charge in [0.25, 0.3) is 0 Å². The summed E-state index contributed by atoms with van der Waals surface area (Å²) in [5.41, 5.74) is 3.10. The molecule has 100 valence electrons. The van der Waals surface area contributed by atoms with Gasteiger partial charge in [-0.25, -0.2) is 0 Å². The first-order chi connectivity index (χ1) is 8.37. The molecule has 0 fully saturated rings. The van der Waals surface area contributed by atoms with Gasteiger partial charge in [-0.3, -0.25) is 4.79 Å². The first-order valence-electron chi connectivity index (χ1n) is 6.92. The van der Waals surface area contributed by atoms with E-state index in [0.29, 0.717) is 11.3 Å². The van der Waals surface area contributed by atoms with E-state index >= 15 is 0 Å². The second-order valence-electron chi connectivity index (χ2n) is 5.85. The Labute approximate surface area is 112 Å². The van der Waals surface area contributed by atoms with Crippen molar-refractivity contribution in [2.45, 2.75) is 53.9 Å². The third kappa shape index (κ3) is 3.69. The molecule has 18 heavy (non-hydrogen) atoms. The molecule has 1 heteroatoms. The van der Waals surface area contributed by atoms with Crippen LogP contribution in [-0.4, -0.2) is 5.78 Å². The number of hydrogen-bond donors (Lipinski definition) is 0. The normalized spacial score (nSPS) is 23.5. The van der Waals surface area contributed by atoms with Crippen LogP contribution in [0.1, 0.15) is 53.9 Å². The molecule has 0 aliphatic heterocycles.